The zero-order valence-electron chi connectivity index (χ0n) is 12.9. The predicted molar refractivity (Wildman–Crippen MR) is 89.3 cm³/mol. The molecule has 4 heteroatoms. The van der Waals surface area contributed by atoms with E-state index >= 15 is 0 Å². The van der Waals surface area contributed by atoms with Crippen LogP contribution in [0.3, 0.4) is 0 Å². The van der Waals surface area contributed by atoms with E-state index in [0.717, 1.165) is 11.6 Å². The van der Waals surface area contributed by atoms with Gasteiger partial charge in [-0.25, -0.2) is 0 Å². The second kappa shape index (κ2) is 4.93. The van der Waals surface area contributed by atoms with Crippen molar-refractivity contribution in [2.24, 2.45) is 0 Å². The number of hydrogen-bond donors (Lipinski definition) is 1. The molecule has 0 radical (unpaired) electrons. The van der Waals surface area contributed by atoms with Gasteiger partial charge < -0.3 is 9.84 Å². The highest BCUT2D eigenvalue weighted by molar-refractivity contribution is 6.25. The van der Waals surface area contributed by atoms with Crippen LogP contribution in [-0.4, -0.2) is 16.7 Å². The maximum atomic E-state index is 12.3. The van der Waals surface area contributed by atoms with Gasteiger partial charge in [-0.3, -0.25) is 9.59 Å². The highest BCUT2D eigenvalue weighted by atomic mass is 16.5. The van der Waals surface area contributed by atoms with E-state index in [4.69, 9.17) is 4.74 Å². The fourth-order valence-corrected chi connectivity index (χ4v) is 3.14. The molecule has 0 spiro atoms. The molecule has 0 saturated heterocycles. The lowest BCUT2D eigenvalue weighted by Gasteiger charge is -2.33. The van der Waals surface area contributed by atoms with Crippen LogP contribution in [-0.2, 0) is 5.60 Å². The van der Waals surface area contributed by atoms with Gasteiger partial charge in [-0.1, -0.05) is 36.4 Å². The van der Waals surface area contributed by atoms with E-state index in [2.05, 4.69) is 0 Å². The molecule has 2 aromatic carbocycles. The molecule has 1 unspecified atom stereocenters. The van der Waals surface area contributed by atoms with E-state index in [-0.39, 0.29) is 11.1 Å². The minimum Gasteiger partial charge on any atom is -0.504 e. The maximum absolute atomic E-state index is 12.3. The molecule has 24 heavy (non-hydrogen) atoms. The third-order valence-electron chi connectivity index (χ3n) is 4.43. The molecule has 4 rings (SSSR count). The molecule has 0 amide bonds. The second-order valence-corrected chi connectivity index (χ2v) is 6.03. The largest absolute Gasteiger partial charge is 0.504 e. The molecule has 1 atom stereocenters. The first-order valence-electron chi connectivity index (χ1n) is 7.60. The van der Waals surface area contributed by atoms with Gasteiger partial charge in [0.25, 0.3) is 0 Å². The Hall–Kier alpha value is -3.14. The lowest BCUT2D eigenvalue weighted by Crippen LogP contribution is -2.30. The number of ether oxygens (including phenoxy) is 1. The Bertz CT molecular complexity index is 938. The molecular weight excluding hydrogens is 304 g/mol. The highest BCUT2D eigenvalue weighted by Crippen LogP contribution is 2.40. The van der Waals surface area contributed by atoms with E-state index in [1.165, 1.54) is 6.07 Å². The van der Waals surface area contributed by atoms with Crippen LogP contribution in [0.15, 0.2) is 60.4 Å². The van der Waals surface area contributed by atoms with Gasteiger partial charge in [-0.2, -0.15) is 0 Å². The van der Waals surface area contributed by atoms with Crippen LogP contribution in [0.1, 0.15) is 38.8 Å². The van der Waals surface area contributed by atoms with E-state index < -0.39 is 22.9 Å². The number of rotatable bonds is 1. The molecule has 0 bridgehead atoms. The topological polar surface area (TPSA) is 63.6 Å². The molecule has 1 heterocycles. The maximum Gasteiger partial charge on any atom is 0.228 e. The first kappa shape index (κ1) is 14.5. The minimum atomic E-state index is -0.651. The molecule has 118 valence electrons. The van der Waals surface area contributed by atoms with Gasteiger partial charge in [-0.05, 0) is 30.7 Å². The number of benzene rings is 2. The third-order valence-corrected chi connectivity index (χ3v) is 4.43. The number of fused-ring (bicyclic) bond motifs is 3. The average molecular weight is 318 g/mol. The van der Waals surface area contributed by atoms with Crippen molar-refractivity contribution in [1.82, 2.24) is 0 Å². The van der Waals surface area contributed by atoms with Crippen LogP contribution >= 0.6 is 0 Å². The lowest BCUT2D eigenvalue weighted by molar-refractivity contribution is 0.0937. The standard InChI is InChI=1S/C20H14O4/c1-20(12-5-3-2-4-6-12)10-9-13-17(24-20)8-7-14-18(13)15(21)11-16(22)19(14)23/h2-11,22H,1H3. The lowest BCUT2D eigenvalue weighted by atomic mass is 9.85. The zero-order chi connectivity index (χ0) is 16.9. The summed E-state index contributed by atoms with van der Waals surface area (Å²) in [6.07, 6.45) is 4.65. The summed E-state index contributed by atoms with van der Waals surface area (Å²) in [7, 11) is 0. The van der Waals surface area contributed by atoms with Crippen molar-refractivity contribution >= 4 is 17.6 Å². The zero-order valence-corrected chi connectivity index (χ0v) is 12.9. The summed E-state index contributed by atoms with van der Waals surface area (Å²) < 4.78 is 6.15. The molecule has 2 aliphatic rings. The van der Waals surface area contributed by atoms with Crippen molar-refractivity contribution in [3.63, 3.8) is 0 Å². The van der Waals surface area contributed by atoms with E-state index in [1.807, 2.05) is 49.4 Å². The molecule has 0 saturated carbocycles. The van der Waals surface area contributed by atoms with Crippen LogP contribution in [0, 0.1) is 0 Å². The first-order valence-corrected chi connectivity index (χ1v) is 7.60. The van der Waals surface area contributed by atoms with Crippen molar-refractivity contribution in [3.8, 4) is 5.75 Å². The summed E-state index contributed by atoms with van der Waals surface area (Å²) in [6.45, 7) is 1.94. The number of allylic oxidation sites excluding steroid dienone is 2. The number of carbonyl (C=O) groups excluding carboxylic acids is 2. The van der Waals surface area contributed by atoms with Crippen molar-refractivity contribution < 1.29 is 19.4 Å². The third kappa shape index (κ3) is 2.00. The Balaban J connectivity index is 1.85. The molecule has 0 aromatic heterocycles. The van der Waals surface area contributed by atoms with Gasteiger partial charge >= 0.3 is 0 Å². The molecule has 1 aliphatic heterocycles. The minimum absolute atomic E-state index is 0.204. The van der Waals surface area contributed by atoms with E-state index in [9.17, 15) is 14.7 Å². The first-order chi connectivity index (χ1) is 11.5. The van der Waals surface area contributed by atoms with Crippen molar-refractivity contribution in [2.45, 2.75) is 12.5 Å². The molecule has 0 fully saturated rings. The number of Topliss-reactive ketones (excluding diaryl/α,β-unsaturated/α-hetero) is 1. The Kier molecular flexibility index (Phi) is 2.97. The highest BCUT2D eigenvalue weighted by Gasteiger charge is 2.34. The number of ketones is 2. The summed E-state index contributed by atoms with van der Waals surface area (Å²) in [5.74, 6) is -0.923. The van der Waals surface area contributed by atoms with Crippen LogP contribution in [0.2, 0.25) is 0 Å². The Morgan fingerprint density at radius 3 is 2.54 bits per heavy atom. The quantitative estimate of drug-likeness (QED) is 0.868. The van der Waals surface area contributed by atoms with Gasteiger partial charge in [0.05, 0.1) is 0 Å². The smallest absolute Gasteiger partial charge is 0.228 e. The average Bonchev–Trinajstić information content (AvgIpc) is 2.59. The molecular formula is C20H14O4. The van der Waals surface area contributed by atoms with Crippen molar-refractivity contribution in [1.29, 1.82) is 0 Å². The number of hydrogen-bond acceptors (Lipinski definition) is 4. The number of carbonyl (C=O) groups is 2. The van der Waals surface area contributed by atoms with Crippen LogP contribution in [0.25, 0.3) is 6.08 Å². The monoisotopic (exact) mass is 318 g/mol. The van der Waals surface area contributed by atoms with Gasteiger partial charge in [0, 0.05) is 22.8 Å². The van der Waals surface area contributed by atoms with Crippen LogP contribution < -0.4 is 4.74 Å². The predicted octanol–water partition coefficient (Wildman–Crippen LogP) is 3.83. The Morgan fingerprint density at radius 1 is 1.04 bits per heavy atom. The summed E-state index contributed by atoms with van der Waals surface area (Å²) in [5, 5.41) is 9.57. The van der Waals surface area contributed by atoms with E-state index in [1.54, 1.807) is 6.07 Å². The van der Waals surface area contributed by atoms with Gasteiger partial charge in [-0.15, -0.1) is 0 Å². The fraction of sp³-hybridized carbons (Fsp3) is 0.100. The number of aliphatic hydroxyl groups excluding tert-OH is 1. The summed E-state index contributed by atoms with van der Waals surface area (Å²) in [4.78, 5) is 24.3. The molecule has 1 N–H and O–H groups in total. The summed E-state index contributed by atoms with van der Waals surface area (Å²) in [5.41, 5.74) is 1.40. The Labute approximate surface area is 138 Å². The van der Waals surface area contributed by atoms with Gasteiger partial charge in [0.15, 0.2) is 11.5 Å². The SMILES string of the molecule is CC1(c2ccccc2)C=Cc2c(ccc3c2C(=O)C=C(O)C3=O)O1. The van der Waals surface area contributed by atoms with E-state index in [0.29, 0.717) is 11.3 Å². The van der Waals surface area contributed by atoms with Crippen molar-refractivity contribution in [3.05, 3.63) is 82.6 Å². The fourth-order valence-electron chi connectivity index (χ4n) is 3.14. The molecule has 1 aliphatic carbocycles. The number of aliphatic hydroxyl groups is 1. The van der Waals surface area contributed by atoms with Gasteiger partial charge in [0.1, 0.15) is 11.4 Å². The van der Waals surface area contributed by atoms with Crippen LogP contribution in [0.4, 0.5) is 0 Å². The molecule has 2 aromatic rings. The summed E-state index contributed by atoms with van der Waals surface area (Å²) >= 11 is 0. The Morgan fingerprint density at radius 2 is 1.79 bits per heavy atom. The summed E-state index contributed by atoms with van der Waals surface area (Å²) in [6, 6.07) is 13.0. The molecule has 4 nitrogen and oxygen atoms in total. The second-order valence-electron chi connectivity index (χ2n) is 6.03. The normalized spacial score (nSPS) is 21.6. The van der Waals surface area contributed by atoms with Gasteiger partial charge in [0.2, 0.25) is 5.78 Å². The van der Waals surface area contributed by atoms with Crippen LogP contribution in [0.5, 0.6) is 5.75 Å². The van der Waals surface area contributed by atoms with Crippen molar-refractivity contribution in [2.75, 3.05) is 0 Å².